The molecule has 0 unspecified atom stereocenters. The molecule has 0 aliphatic heterocycles. The second kappa shape index (κ2) is 18.0. The van der Waals surface area contributed by atoms with Crippen molar-refractivity contribution < 1.29 is 23.8 Å². The van der Waals surface area contributed by atoms with Gasteiger partial charge >= 0.3 is 5.97 Å². The number of unbranched alkanes of at least 4 members (excludes halogenated alkanes) is 7. The molecule has 0 heterocycles. The molecule has 0 spiro atoms. The van der Waals surface area contributed by atoms with Crippen molar-refractivity contribution in [2.45, 2.75) is 117 Å². The Hall–Kier alpha value is -2.56. The highest BCUT2D eigenvalue weighted by Gasteiger charge is 2.22. The molecule has 0 atom stereocenters. The largest absolute Gasteiger partial charge is 0.494 e. The van der Waals surface area contributed by atoms with Crippen LogP contribution in [-0.4, -0.2) is 24.3 Å². The number of ether oxygens (including phenoxy) is 2. The van der Waals surface area contributed by atoms with Gasteiger partial charge in [0.05, 0.1) is 18.8 Å². The third kappa shape index (κ3) is 10.4. The van der Waals surface area contributed by atoms with Crippen LogP contribution in [0.5, 0.6) is 11.5 Å². The highest BCUT2D eigenvalue weighted by Crippen LogP contribution is 2.35. The van der Waals surface area contributed by atoms with Crippen molar-refractivity contribution in [1.82, 2.24) is 0 Å². The van der Waals surface area contributed by atoms with Crippen LogP contribution in [0.25, 0.3) is 11.1 Å². The molecule has 0 saturated heterocycles. The van der Waals surface area contributed by atoms with Gasteiger partial charge in [0, 0.05) is 5.56 Å². The summed E-state index contributed by atoms with van der Waals surface area (Å²) in [6.07, 6.45) is 19.9. The van der Waals surface area contributed by atoms with Crippen molar-refractivity contribution >= 4 is 5.97 Å². The molecule has 1 saturated carbocycles. The van der Waals surface area contributed by atoms with Gasteiger partial charge in [-0.05, 0) is 60.9 Å². The van der Waals surface area contributed by atoms with Gasteiger partial charge in [0.2, 0.25) is 0 Å². The third-order valence-corrected chi connectivity index (χ3v) is 8.44. The fourth-order valence-corrected chi connectivity index (χ4v) is 5.97. The van der Waals surface area contributed by atoms with Gasteiger partial charge in [0.15, 0.2) is 11.6 Å². The first-order chi connectivity index (χ1) is 19.5. The lowest BCUT2D eigenvalue weighted by Crippen LogP contribution is -2.15. The molecule has 1 N–H and O–H groups in total. The Morgan fingerprint density at radius 2 is 1.32 bits per heavy atom. The molecular formula is C35H51FO4. The van der Waals surface area contributed by atoms with E-state index in [0.29, 0.717) is 18.8 Å². The highest BCUT2D eigenvalue weighted by atomic mass is 19.1. The van der Waals surface area contributed by atoms with E-state index in [4.69, 9.17) is 9.47 Å². The zero-order valence-electron chi connectivity index (χ0n) is 24.9. The van der Waals surface area contributed by atoms with E-state index >= 15 is 4.39 Å². The molecule has 2 aromatic rings. The summed E-state index contributed by atoms with van der Waals surface area (Å²) in [5.41, 5.74) is 0.492. The molecule has 5 heteroatoms. The standard InChI is InChI=1S/C35H51FO4/c1-3-5-7-8-9-11-25-40-32-24-23-31(35(37)38)33(34(32)36)29-19-21-30(22-20-29)39-26-12-14-28-17-15-27(16-18-28)13-10-6-4-2/h19-24,27-28H,3-18,25-26H2,1-2H3,(H,37,38). The molecular weight excluding hydrogens is 503 g/mol. The smallest absolute Gasteiger partial charge is 0.336 e. The molecule has 1 fully saturated rings. The number of carboxylic acid groups (broad SMARTS) is 1. The molecule has 222 valence electrons. The lowest BCUT2D eigenvalue weighted by atomic mass is 9.78. The summed E-state index contributed by atoms with van der Waals surface area (Å²) in [5.74, 6) is 0.796. The average molecular weight is 555 g/mol. The first-order valence-corrected chi connectivity index (χ1v) is 15.9. The summed E-state index contributed by atoms with van der Waals surface area (Å²) < 4.78 is 27.1. The summed E-state index contributed by atoms with van der Waals surface area (Å²) in [6, 6.07) is 9.92. The number of hydrogen-bond donors (Lipinski definition) is 1. The lowest BCUT2D eigenvalue weighted by molar-refractivity contribution is 0.0697. The monoisotopic (exact) mass is 554 g/mol. The predicted octanol–water partition coefficient (Wildman–Crippen LogP) is 10.5. The maximum atomic E-state index is 15.5. The van der Waals surface area contributed by atoms with Crippen molar-refractivity contribution in [1.29, 1.82) is 0 Å². The van der Waals surface area contributed by atoms with E-state index < -0.39 is 11.8 Å². The summed E-state index contributed by atoms with van der Waals surface area (Å²) >= 11 is 0. The van der Waals surface area contributed by atoms with Gasteiger partial charge < -0.3 is 14.6 Å². The fourth-order valence-electron chi connectivity index (χ4n) is 5.97. The van der Waals surface area contributed by atoms with Crippen LogP contribution >= 0.6 is 0 Å². The Labute approximate surface area is 241 Å². The third-order valence-electron chi connectivity index (χ3n) is 8.44. The zero-order chi connectivity index (χ0) is 28.6. The fraction of sp³-hybridized carbons (Fsp3) is 0.629. The highest BCUT2D eigenvalue weighted by molar-refractivity contribution is 5.96. The molecule has 3 rings (SSSR count). The van der Waals surface area contributed by atoms with Crippen molar-refractivity contribution in [3.05, 3.63) is 47.8 Å². The van der Waals surface area contributed by atoms with E-state index in [1.807, 2.05) is 0 Å². The van der Waals surface area contributed by atoms with E-state index in [0.717, 1.165) is 43.3 Å². The molecule has 2 aromatic carbocycles. The Morgan fingerprint density at radius 1 is 0.750 bits per heavy atom. The number of aromatic carboxylic acids is 1. The van der Waals surface area contributed by atoms with E-state index in [9.17, 15) is 9.90 Å². The van der Waals surface area contributed by atoms with Crippen molar-refractivity contribution in [3.63, 3.8) is 0 Å². The van der Waals surface area contributed by atoms with Gasteiger partial charge in [-0.3, -0.25) is 0 Å². The maximum absolute atomic E-state index is 15.5. The Balaban J connectivity index is 1.47. The van der Waals surface area contributed by atoms with Gasteiger partial charge in [-0.1, -0.05) is 109 Å². The van der Waals surface area contributed by atoms with E-state index in [2.05, 4.69) is 13.8 Å². The second-order valence-electron chi connectivity index (χ2n) is 11.6. The minimum atomic E-state index is -1.16. The minimum absolute atomic E-state index is 0.0600. The van der Waals surface area contributed by atoms with Gasteiger partial charge in [-0.15, -0.1) is 0 Å². The summed E-state index contributed by atoms with van der Waals surface area (Å²) in [6.45, 7) is 5.54. The number of rotatable bonds is 19. The van der Waals surface area contributed by atoms with Crippen LogP contribution < -0.4 is 9.47 Å². The van der Waals surface area contributed by atoms with Gasteiger partial charge in [0.25, 0.3) is 0 Å². The van der Waals surface area contributed by atoms with E-state index in [1.165, 1.54) is 89.2 Å². The summed E-state index contributed by atoms with van der Waals surface area (Å²) in [4.78, 5) is 11.9. The number of halogens is 1. The van der Waals surface area contributed by atoms with E-state index in [-0.39, 0.29) is 16.9 Å². The Morgan fingerprint density at radius 3 is 1.98 bits per heavy atom. The molecule has 0 amide bonds. The SMILES string of the molecule is CCCCCCCCOc1ccc(C(=O)O)c(-c2ccc(OCCCC3CCC(CCCCC)CC3)cc2)c1F. The lowest BCUT2D eigenvalue weighted by Gasteiger charge is -2.28. The summed E-state index contributed by atoms with van der Waals surface area (Å²) in [5, 5.41) is 9.70. The van der Waals surface area contributed by atoms with Gasteiger partial charge in [-0.25, -0.2) is 9.18 Å². The quantitative estimate of drug-likeness (QED) is 0.175. The normalized spacial score (nSPS) is 17.1. The van der Waals surface area contributed by atoms with Crippen LogP contribution in [-0.2, 0) is 0 Å². The molecule has 1 aliphatic carbocycles. The van der Waals surface area contributed by atoms with Crippen molar-refractivity contribution in [3.8, 4) is 22.6 Å². The average Bonchev–Trinajstić information content (AvgIpc) is 2.96. The number of carboxylic acids is 1. The van der Waals surface area contributed by atoms with E-state index in [1.54, 1.807) is 24.3 Å². The molecule has 4 nitrogen and oxygen atoms in total. The van der Waals surface area contributed by atoms with Crippen LogP contribution in [0.1, 0.15) is 127 Å². The molecule has 40 heavy (non-hydrogen) atoms. The van der Waals surface area contributed by atoms with Crippen molar-refractivity contribution in [2.75, 3.05) is 13.2 Å². The maximum Gasteiger partial charge on any atom is 0.336 e. The van der Waals surface area contributed by atoms with Crippen LogP contribution in [0.2, 0.25) is 0 Å². The van der Waals surface area contributed by atoms with Crippen LogP contribution in [0.3, 0.4) is 0 Å². The minimum Gasteiger partial charge on any atom is -0.494 e. The van der Waals surface area contributed by atoms with Crippen LogP contribution in [0, 0.1) is 17.7 Å². The number of benzene rings is 2. The summed E-state index contributed by atoms with van der Waals surface area (Å²) in [7, 11) is 0. The second-order valence-corrected chi connectivity index (χ2v) is 11.6. The van der Waals surface area contributed by atoms with Gasteiger partial charge in [-0.2, -0.15) is 0 Å². The first kappa shape index (κ1) is 32.0. The molecule has 0 bridgehead atoms. The van der Waals surface area contributed by atoms with Gasteiger partial charge in [0.1, 0.15) is 5.75 Å². The van der Waals surface area contributed by atoms with Crippen LogP contribution in [0.15, 0.2) is 36.4 Å². The first-order valence-electron chi connectivity index (χ1n) is 15.9. The Bertz CT molecular complexity index is 995. The topological polar surface area (TPSA) is 55.8 Å². The molecule has 0 aromatic heterocycles. The van der Waals surface area contributed by atoms with Crippen molar-refractivity contribution in [2.24, 2.45) is 11.8 Å². The predicted molar refractivity (Wildman–Crippen MR) is 162 cm³/mol. The van der Waals surface area contributed by atoms with Crippen LogP contribution in [0.4, 0.5) is 4.39 Å². The molecule has 0 radical (unpaired) electrons. The number of carbonyl (C=O) groups is 1. The molecule has 1 aliphatic rings. The number of hydrogen-bond acceptors (Lipinski definition) is 3. The Kier molecular flexibility index (Phi) is 14.4. The zero-order valence-corrected chi connectivity index (χ0v) is 24.9.